The Kier molecular flexibility index (Phi) is 8.18. The molecule has 1 amide bonds. The fourth-order valence-corrected chi connectivity index (χ4v) is 6.65. The summed E-state index contributed by atoms with van der Waals surface area (Å²) < 4.78 is 5.72. The summed E-state index contributed by atoms with van der Waals surface area (Å²) in [6, 6.07) is 14.7. The van der Waals surface area contributed by atoms with E-state index < -0.39 is 18.1 Å². The number of carboxylic acids is 1. The van der Waals surface area contributed by atoms with E-state index in [-0.39, 0.29) is 34.6 Å². The van der Waals surface area contributed by atoms with Gasteiger partial charge < -0.3 is 20.1 Å². The lowest BCUT2D eigenvalue weighted by Gasteiger charge is -2.39. The molecule has 2 aromatic rings. The van der Waals surface area contributed by atoms with Crippen molar-refractivity contribution in [3.8, 4) is 5.75 Å². The maximum atomic E-state index is 14.0. The van der Waals surface area contributed by atoms with E-state index in [1.54, 1.807) is 12.0 Å². The van der Waals surface area contributed by atoms with Gasteiger partial charge in [-0.05, 0) is 46.8 Å². The van der Waals surface area contributed by atoms with Crippen LogP contribution < -0.4 is 10.1 Å². The molecule has 2 N–H and O–H groups in total. The third kappa shape index (κ3) is 5.86. The molecular weight excluding hydrogens is 488 g/mol. The number of benzene rings is 2. The van der Waals surface area contributed by atoms with Crippen molar-refractivity contribution in [3.05, 3.63) is 65.2 Å². The smallest absolute Gasteiger partial charge is 0.326 e. The number of aliphatic carboxylic acids is 1. The molecule has 1 aliphatic heterocycles. The second-order valence-corrected chi connectivity index (χ2v) is 13.7. The van der Waals surface area contributed by atoms with Crippen molar-refractivity contribution in [2.24, 2.45) is 23.2 Å². The lowest BCUT2D eigenvalue weighted by Crippen LogP contribution is -2.50. The first-order valence-electron chi connectivity index (χ1n) is 14.2. The molecule has 212 valence electrons. The molecule has 4 atom stereocenters. The summed E-state index contributed by atoms with van der Waals surface area (Å²) in [4.78, 5) is 28.7. The van der Waals surface area contributed by atoms with Gasteiger partial charge in [-0.1, -0.05) is 90.9 Å². The number of carbonyl (C=O) groups excluding carboxylic acids is 1. The van der Waals surface area contributed by atoms with E-state index in [4.69, 9.17) is 4.74 Å². The van der Waals surface area contributed by atoms with E-state index in [1.807, 2.05) is 36.4 Å². The third-order valence-corrected chi connectivity index (χ3v) is 8.71. The van der Waals surface area contributed by atoms with Gasteiger partial charge in [-0.2, -0.15) is 0 Å². The van der Waals surface area contributed by atoms with Crippen molar-refractivity contribution >= 4 is 11.9 Å². The zero-order valence-electron chi connectivity index (χ0n) is 24.8. The largest absolute Gasteiger partial charge is 0.496 e. The summed E-state index contributed by atoms with van der Waals surface area (Å²) in [5.41, 5.74) is 2.80. The lowest BCUT2D eigenvalue weighted by atomic mass is 9.72. The molecule has 1 saturated carbocycles. The van der Waals surface area contributed by atoms with Gasteiger partial charge in [-0.25, -0.2) is 4.79 Å². The van der Waals surface area contributed by atoms with Crippen molar-refractivity contribution in [2.75, 3.05) is 7.11 Å². The number of rotatable bonds is 7. The van der Waals surface area contributed by atoms with Crippen LogP contribution in [0.15, 0.2) is 48.5 Å². The molecule has 0 aromatic heterocycles. The predicted molar refractivity (Wildman–Crippen MR) is 155 cm³/mol. The Morgan fingerprint density at radius 1 is 1.03 bits per heavy atom. The third-order valence-electron chi connectivity index (χ3n) is 8.71. The molecule has 1 aliphatic carbocycles. The maximum Gasteiger partial charge on any atom is 0.326 e. The van der Waals surface area contributed by atoms with Gasteiger partial charge in [-0.15, -0.1) is 0 Å². The van der Waals surface area contributed by atoms with Crippen LogP contribution in [-0.4, -0.2) is 41.1 Å². The number of ether oxygens (including phenoxy) is 1. The average Bonchev–Trinajstić information content (AvgIpc) is 3.21. The first-order chi connectivity index (χ1) is 18.2. The average molecular weight is 535 g/mol. The highest BCUT2D eigenvalue weighted by molar-refractivity contribution is 5.87. The number of hydrogen-bond acceptors (Lipinski definition) is 4. The minimum atomic E-state index is -0.937. The number of carbonyl (C=O) groups is 2. The molecule has 1 saturated heterocycles. The Labute approximate surface area is 234 Å². The van der Waals surface area contributed by atoms with Gasteiger partial charge >= 0.3 is 5.97 Å². The van der Waals surface area contributed by atoms with Crippen molar-refractivity contribution in [1.82, 2.24) is 10.2 Å². The summed E-state index contributed by atoms with van der Waals surface area (Å²) in [5, 5.41) is 14.4. The number of nitrogens with one attached hydrogen (secondary N) is 1. The Morgan fingerprint density at radius 2 is 1.67 bits per heavy atom. The highest BCUT2D eigenvalue weighted by Gasteiger charge is 2.59. The molecule has 0 bridgehead atoms. The minimum Gasteiger partial charge on any atom is -0.496 e. The first-order valence-corrected chi connectivity index (χ1v) is 14.2. The molecule has 2 fully saturated rings. The van der Waals surface area contributed by atoms with Crippen LogP contribution in [0.3, 0.4) is 0 Å². The molecule has 39 heavy (non-hydrogen) atoms. The van der Waals surface area contributed by atoms with Gasteiger partial charge in [0, 0.05) is 30.0 Å². The fraction of sp³-hybridized carbons (Fsp3) is 0.576. The molecule has 0 spiro atoms. The fourth-order valence-electron chi connectivity index (χ4n) is 6.65. The Bertz CT molecular complexity index is 1170. The zero-order chi connectivity index (χ0) is 28.7. The van der Waals surface area contributed by atoms with E-state index in [2.05, 4.69) is 65.9 Å². The summed E-state index contributed by atoms with van der Waals surface area (Å²) in [5.74, 6) is -0.0963. The van der Waals surface area contributed by atoms with Crippen molar-refractivity contribution < 1.29 is 19.4 Å². The molecule has 1 heterocycles. The molecule has 6 nitrogen and oxygen atoms in total. The number of methoxy groups -OCH3 is 1. The van der Waals surface area contributed by atoms with E-state index in [9.17, 15) is 14.7 Å². The molecule has 0 radical (unpaired) electrons. The van der Waals surface area contributed by atoms with Crippen LogP contribution >= 0.6 is 0 Å². The van der Waals surface area contributed by atoms with Crippen LogP contribution in [0.5, 0.6) is 5.75 Å². The SMILES string of the molecule is COc1ccc(C(C)(C)C)cc1CN[C@H]1[C@H](C(C)(C)C)[C@@H](C(=O)O)N(C(=O)C2CC(C)C2)[C@H]1c1ccccc1. The Morgan fingerprint density at radius 3 is 2.18 bits per heavy atom. The van der Waals surface area contributed by atoms with E-state index in [1.165, 1.54) is 5.56 Å². The van der Waals surface area contributed by atoms with Gasteiger partial charge in [0.2, 0.25) is 5.91 Å². The molecule has 6 heteroatoms. The zero-order valence-corrected chi connectivity index (χ0v) is 24.8. The second kappa shape index (κ2) is 11.0. The van der Waals surface area contributed by atoms with Gasteiger partial charge in [0.1, 0.15) is 11.8 Å². The maximum absolute atomic E-state index is 14.0. The Balaban J connectivity index is 1.80. The summed E-state index contributed by atoms with van der Waals surface area (Å²) in [6.07, 6.45) is 1.64. The highest BCUT2D eigenvalue weighted by Crippen LogP contribution is 2.50. The Hall–Kier alpha value is -2.86. The van der Waals surface area contributed by atoms with Crippen LogP contribution in [0, 0.1) is 23.2 Å². The van der Waals surface area contributed by atoms with Gasteiger partial charge in [0.15, 0.2) is 0 Å². The summed E-state index contributed by atoms with van der Waals surface area (Å²) >= 11 is 0. The number of amides is 1. The molecular formula is C33H46N2O4. The standard InChI is InChI=1S/C33H46N2O4/c1-20-16-22(17-20)30(36)35-28(21-12-10-9-11-13-21)27(26(33(5,6)7)29(35)31(37)38)34-19-23-18-24(32(2,3)4)14-15-25(23)39-8/h9-15,18,20,22,26-29,34H,16-17,19H2,1-8H3,(H,37,38)/t20?,22?,26-,27-,28-,29-/m0/s1. The van der Waals surface area contributed by atoms with Crippen LogP contribution in [0.4, 0.5) is 0 Å². The number of nitrogens with zero attached hydrogens (tertiary/aromatic N) is 1. The van der Waals surface area contributed by atoms with Crippen molar-refractivity contribution in [3.63, 3.8) is 0 Å². The topological polar surface area (TPSA) is 78.9 Å². The predicted octanol–water partition coefficient (Wildman–Crippen LogP) is 6.20. The van der Waals surface area contributed by atoms with Crippen LogP contribution in [0.25, 0.3) is 0 Å². The number of carboxylic acid groups (broad SMARTS) is 1. The summed E-state index contributed by atoms with van der Waals surface area (Å²) in [6.45, 7) is 15.5. The highest BCUT2D eigenvalue weighted by atomic mass is 16.5. The normalized spacial score (nSPS) is 27.2. The van der Waals surface area contributed by atoms with Crippen molar-refractivity contribution in [1.29, 1.82) is 0 Å². The minimum absolute atomic E-state index is 0.0214. The van der Waals surface area contributed by atoms with E-state index in [0.29, 0.717) is 12.5 Å². The quantitative estimate of drug-likeness (QED) is 0.442. The number of likely N-dealkylation sites (tertiary alicyclic amines) is 1. The second-order valence-electron chi connectivity index (χ2n) is 13.7. The van der Waals surface area contributed by atoms with Gasteiger partial charge in [0.25, 0.3) is 0 Å². The van der Waals surface area contributed by atoms with Gasteiger partial charge in [-0.3, -0.25) is 4.79 Å². The van der Waals surface area contributed by atoms with Crippen LogP contribution in [0.2, 0.25) is 0 Å². The van der Waals surface area contributed by atoms with Crippen LogP contribution in [0.1, 0.15) is 84.0 Å². The monoisotopic (exact) mass is 534 g/mol. The first kappa shape index (κ1) is 29.1. The summed E-state index contributed by atoms with van der Waals surface area (Å²) in [7, 11) is 1.68. The van der Waals surface area contributed by atoms with Crippen molar-refractivity contribution in [2.45, 2.75) is 91.4 Å². The number of hydrogen-bond donors (Lipinski definition) is 2. The van der Waals surface area contributed by atoms with Crippen LogP contribution in [-0.2, 0) is 21.5 Å². The van der Waals surface area contributed by atoms with Gasteiger partial charge in [0.05, 0.1) is 13.2 Å². The molecule has 2 aromatic carbocycles. The lowest BCUT2D eigenvalue weighted by molar-refractivity contribution is -0.156. The molecule has 2 aliphatic rings. The molecule has 0 unspecified atom stereocenters. The molecule has 4 rings (SSSR count). The van der Waals surface area contributed by atoms with E-state index >= 15 is 0 Å². The van der Waals surface area contributed by atoms with E-state index in [0.717, 1.165) is 29.7 Å².